The normalized spacial score (nSPS) is 11.3. The summed E-state index contributed by atoms with van der Waals surface area (Å²) in [5.41, 5.74) is 3.42. The minimum atomic E-state index is 0.236. The van der Waals surface area contributed by atoms with Crippen LogP contribution in [0.2, 0.25) is 5.15 Å². The maximum absolute atomic E-state index is 6.08. The summed E-state index contributed by atoms with van der Waals surface area (Å²) in [6.45, 7) is 10.3. The Kier molecular flexibility index (Phi) is 3.90. The van der Waals surface area contributed by atoms with Crippen LogP contribution in [0, 0.1) is 13.8 Å². The van der Waals surface area contributed by atoms with Crippen LogP contribution in [0.1, 0.15) is 49.5 Å². The highest BCUT2D eigenvalue weighted by molar-refractivity contribution is 6.29. The predicted molar refractivity (Wildman–Crippen MR) is 77.1 cm³/mol. The molecule has 0 unspecified atom stereocenters. The van der Waals surface area contributed by atoms with Crippen molar-refractivity contribution in [2.75, 3.05) is 0 Å². The van der Waals surface area contributed by atoms with E-state index in [-0.39, 0.29) is 5.92 Å². The quantitative estimate of drug-likeness (QED) is 0.806. The van der Waals surface area contributed by atoms with Gasteiger partial charge >= 0.3 is 0 Å². The number of halogens is 1. The SMILES string of the molecule is CCc1c(C)nn(-c2cc(Cl)nc(C(C)C)n2)c1C. The fraction of sp³-hybridized carbons (Fsp3) is 0.500. The summed E-state index contributed by atoms with van der Waals surface area (Å²) < 4.78 is 1.85. The summed E-state index contributed by atoms with van der Waals surface area (Å²) in [6, 6.07) is 1.76. The van der Waals surface area contributed by atoms with Gasteiger partial charge in [-0.15, -0.1) is 0 Å². The molecule has 0 aromatic carbocycles. The molecule has 19 heavy (non-hydrogen) atoms. The first kappa shape index (κ1) is 14.0. The minimum Gasteiger partial charge on any atom is -0.221 e. The van der Waals surface area contributed by atoms with Crippen molar-refractivity contribution in [1.82, 2.24) is 19.7 Å². The molecule has 0 aliphatic heterocycles. The number of aromatic nitrogens is 4. The van der Waals surface area contributed by atoms with Gasteiger partial charge in [0.2, 0.25) is 0 Å². The van der Waals surface area contributed by atoms with Crippen LogP contribution in [0.3, 0.4) is 0 Å². The van der Waals surface area contributed by atoms with E-state index in [9.17, 15) is 0 Å². The molecule has 2 aromatic heterocycles. The van der Waals surface area contributed by atoms with E-state index >= 15 is 0 Å². The summed E-state index contributed by atoms with van der Waals surface area (Å²) >= 11 is 6.08. The van der Waals surface area contributed by atoms with Gasteiger partial charge in [-0.2, -0.15) is 5.10 Å². The summed E-state index contributed by atoms with van der Waals surface area (Å²) in [4.78, 5) is 8.81. The number of hydrogen-bond acceptors (Lipinski definition) is 3. The molecule has 0 fully saturated rings. The molecule has 4 nitrogen and oxygen atoms in total. The number of rotatable bonds is 3. The van der Waals surface area contributed by atoms with Gasteiger partial charge in [0.1, 0.15) is 11.0 Å². The highest BCUT2D eigenvalue weighted by atomic mass is 35.5. The van der Waals surface area contributed by atoms with Crippen molar-refractivity contribution >= 4 is 11.6 Å². The van der Waals surface area contributed by atoms with E-state index in [1.54, 1.807) is 6.07 Å². The zero-order chi connectivity index (χ0) is 14.2. The molecule has 2 aromatic rings. The fourth-order valence-electron chi connectivity index (χ4n) is 2.20. The standard InChI is InChI=1S/C14H19ClN4/c1-6-11-9(4)18-19(10(11)5)13-7-12(15)16-14(17-13)8(2)3/h7-8H,6H2,1-5H3. The van der Waals surface area contributed by atoms with Crippen molar-refractivity contribution < 1.29 is 0 Å². The highest BCUT2D eigenvalue weighted by Crippen LogP contribution is 2.20. The van der Waals surface area contributed by atoms with Crippen LogP contribution < -0.4 is 0 Å². The van der Waals surface area contributed by atoms with Gasteiger partial charge in [0, 0.05) is 17.7 Å². The minimum absolute atomic E-state index is 0.236. The van der Waals surface area contributed by atoms with Gasteiger partial charge < -0.3 is 0 Å². The Balaban J connectivity index is 2.59. The largest absolute Gasteiger partial charge is 0.221 e. The summed E-state index contributed by atoms with van der Waals surface area (Å²) in [5.74, 6) is 1.72. The molecule has 0 N–H and O–H groups in total. The fourth-order valence-corrected chi connectivity index (χ4v) is 2.38. The van der Waals surface area contributed by atoms with Crippen LogP contribution in [0.4, 0.5) is 0 Å². The maximum atomic E-state index is 6.08. The monoisotopic (exact) mass is 278 g/mol. The third-order valence-corrected chi connectivity index (χ3v) is 3.42. The average molecular weight is 279 g/mol. The number of hydrogen-bond donors (Lipinski definition) is 0. The Morgan fingerprint density at radius 3 is 2.47 bits per heavy atom. The van der Waals surface area contributed by atoms with E-state index in [4.69, 9.17) is 11.6 Å². The van der Waals surface area contributed by atoms with E-state index < -0.39 is 0 Å². The molecular formula is C14H19ClN4. The van der Waals surface area contributed by atoms with Crippen molar-refractivity contribution in [1.29, 1.82) is 0 Å². The first-order chi connectivity index (χ1) is 8.93. The highest BCUT2D eigenvalue weighted by Gasteiger charge is 2.14. The average Bonchev–Trinajstić information content (AvgIpc) is 2.63. The summed E-state index contributed by atoms with van der Waals surface area (Å²) in [5, 5.41) is 5.02. The zero-order valence-electron chi connectivity index (χ0n) is 12.0. The molecule has 0 spiro atoms. The Morgan fingerprint density at radius 1 is 1.26 bits per heavy atom. The first-order valence-corrected chi connectivity index (χ1v) is 6.91. The zero-order valence-corrected chi connectivity index (χ0v) is 12.8. The molecule has 0 amide bonds. The second-order valence-electron chi connectivity index (χ2n) is 4.98. The van der Waals surface area contributed by atoms with Crippen molar-refractivity contribution in [2.45, 2.75) is 47.0 Å². The van der Waals surface area contributed by atoms with Crippen LogP contribution in [0.15, 0.2) is 6.07 Å². The van der Waals surface area contributed by atoms with Gasteiger partial charge in [0.25, 0.3) is 0 Å². The third kappa shape index (κ3) is 2.63. The van der Waals surface area contributed by atoms with Gasteiger partial charge in [0.15, 0.2) is 5.82 Å². The third-order valence-electron chi connectivity index (χ3n) is 3.23. The summed E-state index contributed by atoms with van der Waals surface area (Å²) in [6.07, 6.45) is 0.966. The van der Waals surface area contributed by atoms with E-state index in [1.807, 2.05) is 25.5 Å². The van der Waals surface area contributed by atoms with Gasteiger partial charge in [-0.25, -0.2) is 14.6 Å². The van der Waals surface area contributed by atoms with E-state index in [2.05, 4.69) is 28.9 Å². The number of nitrogens with zero attached hydrogens (tertiary/aromatic N) is 4. The van der Waals surface area contributed by atoms with Gasteiger partial charge in [-0.1, -0.05) is 32.4 Å². The second kappa shape index (κ2) is 5.29. The lowest BCUT2D eigenvalue weighted by molar-refractivity contribution is 0.735. The van der Waals surface area contributed by atoms with Crippen LogP contribution in [-0.4, -0.2) is 19.7 Å². The van der Waals surface area contributed by atoms with Crippen molar-refractivity contribution in [3.05, 3.63) is 34.0 Å². The van der Waals surface area contributed by atoms with Crippen LogP contribution in [0.5, 0.6) is 0 Å². The lowest BCUT2D eigenvalue weighted by Crippen LogP contribution is -2.07. The van der Waals surface area contributed by atoms with Crippen molar-refractivity contribution in [3.8, 4) is 5.82 Å². The molecule has 102 valence electrons. The molecule has 0 aliphatic carbocycles. The molecule has 2 heterocycles. The molecule has 5 heteroatoms. The molecule has 0 atom stereocenters. The van der Waals surface area contributed by atoms with E-state index in [0.717, 1.165) is 29.5 Å². The Hall–Kier alpha value is -1.42. The van der Waals surface area contributed by atoms with Gasteiger partial charge in [-0.05, 0) is 25.8 Å². The lowest BCUT2D eigenvalue weighted by Gasteiger charge is -2.09. The molecule has 0 radical (unpaired) electrons. The molecule has 0 aliphatic rings. The molecule has 2 rings (SSSR count). The lowest BCUT2D eigenvalue weighted by atomic mass is 10.1. The Morgan fingerprint density at radius 2 is 1.95 bits per heavy atom. The smallest absolute Gasteiger partial charge is 0.158 e. The van der Waals surface area contributed by atoms with Crippen molar-refractivity contribution in [2.24, 2.45) is 0 Å². The first-order valence-electron chi connectivity index (χ1n) is 6.54. The van der Waals surface area contributed by atoms with Crippen LogP contribution in [-0.2, 0) is 6.42 Å². The Labute approximate surface area is 118 Å². The molecular weight excluding hydrogens is 260 g/mol. The van der Waals surface area contributed by atoms with Crippen molar-refractivity contribution in [3.63, 3.8) is 0 Å². The van der Waals surface area contributed by atoms with Gasteiger partial charge in [0.05, 0.1) is 5.69 Å². The molecule has 0 bridgehead atoms. The van der Waals surface area contributed by atoms with E-state index in [0.29, 0.717) is 5.15 Å². The topological polar surface area (TPSA) is 43.6 Å². The Bertz CT molecular complexity index is 602. The second-order valence-corrected chi connectivity index (χ2v) is 5.36. The van der Waals surface area contributed by atoms with Crippen LogP contribution >= 0.6 is 11.6 Å². The molecule has 0 saturated carbocycles. The number of aryl methyl sites for hydroxylation is 1. The summed E-state index contributed by atoms with van der Waals surface area (Å²) in [7, 11) is 0. The van der Waals surface area contributed by atoms with Crippen LogP contribution in [0.25, 0.3) is 5.82 Å². The van der Waals surface area contributed by atoms with Gasteiger partial charge in [-0.3, -0.25) is 0 Å². The maximum Gasteiger partial charge on any atom is 0.158 e. The van der Waals surface area contributed by atoms with E-state index in [1.165, 1.54) is 5.56 Å². The molecule has 0 saturated heterocycles. The predicted octanol–water partition coefficient (Wildman–Crippen LogP) is 3.62.